The lowest BCUT2D eigenvalue weighted by atomic mass is 10.2. The zero-order valence-corrected chi connectivity index (χ0v) is 14.1. The second kappa shape index (κ2) is 7.14. The number of rotatable bonds is 5. The molecule has 0 spiro atoms. The largest absolute Gasteiger partial charge is 0.467 e. The van der Waals surface area contributed by atoms with Crippen LogP contribution in [0.3, 0.4) is 0 Å². The average molecular weight is 333 g/mol. The molecular formula is C16H23N5O3. The van der Waals surface area contributed by atoms with E-state index < -0.39 is 0 Å². The molecule has 2 aromatic heterocycles. The number of aromatic nitrogens is 2. The summed E-state index contributed by atoms with van der Waals surface area (Å²) in [6.07, 6.45) is 2.23. The maximum Gasteiger partial charge on any atom is 0.257 e. The Morgan fingerprint density at radius 3 is 2.71 bits per heavy atom. The van der Waals surface area contributed by atoms with Gasteiger partial charge in [0.05, 0.1) is 18.2 Å². The van der Waals surface area contributed by atoms with Crippen molar-refractivity contribution >= 4 is 5.91 Å². The smallest absolute Gasteiger partial charge is 0.257 e. The van der Waals surface area contributed by atoms with Crippen molar-refractivity contribution in [3.05, 3.63) is 35.4 Å². The van der Waals surface area contributed by atoms with Gasteiger partial charge < -0.3 is 19.6 Å². The third kappa shape index (κ3) is 3.34. The van der Waals surface area contributed by atoms with E-state index in [0.717, 1.165) is 25.3 Å². The lowest BCUT2D eigenvalue weighted by Crippen LogP contribution is -2.49. The summed E-state index contributed by atoms with van der Waals surface area (Å²) in [6.45, 7) is 7.17. The van der Waals surface area contributed by atoms with Gasteiger partial charge in [0.15, 0.2) is 5.82 Å². The Labute approximate surface area is 140 Å². The number of nitrogens with two attached hydrogens (primary N) is 1. The lowest BCUT2D eigenvalue weighted by Gasteiger charge is -2.36. The molecule has 0 radical (unpaired) electrons. The third-order valence-corrected chi connectivity index (χ3v) is 4.41. The maximum absolute atomic E-state index is 12.5. The number of carbonyl (C=O) groups is 1. The van der Waals surface area contributed by atoms with Crippen molar-refractivity contribution in [1.82, 2.24) is 19.9 Å². The Hall–Kier alpha value is -2.19. The van der Waals surface area contributed by atoms with Gasteiger partial charge in [-0.2, -0.15) is 4.98 Å². The minimum atomic E-state index is -0.0168. The molecule has 3 rings (SSSR count). The summed E-state index contributed by atoms with van der Waals surface area (Å²) in [4.78, 5) is 21.0. The number of nitrogens with zero attached hydrogens (tertiary/aromatic N) is 4. The van der Waals surface area contributed by atoms with Crippen LogP contribution < -0.4 is 5.73 Å². The normalized spacial score (nSPS) is 17.2. The van der Waals surface area contributed by atoms with Crippen LogP contribution in [0.25, 0.3) is 0 Å². The summed E-state index contributed by atoms with van der Waals surface area (Å²) >= 11 is 0. The summed E-state index contributed by atoms with van der Waals surface area (Å²) < 4.78 is 10.6. The van der Waals surface area contributed by atoms with Crippen molar-refractivity contribution < 1.29 is 13.7 Å². The molecule has 1 aliphatic heterocycles. The number of amides is 1. The van der Waals surface area contributed by atoms with Gasteiger partial charge in [-0.3, -0.25) is 9.69 Å². The van der Waals surface area contributed by atoms with Crippen molar-refractivity contribution in [1.29, 1.82) is 0 Å². The highest BCUT2D eigenvalue weighted by Gasteiger charge is 2.28. The Kier molecular flexibility index (Phi) is 4.96. The van der Waals surface area contributed by atoms with E-state index in [1.165, 1.54) is 6.26 Å². The van der Waals surface area contributed by atoms with Crippen molar-refractivity contribution in [2.45, 2.75) is 32.9 Å². The molecule has 1 amide bonds. The first-order valence-corrected chi connectivity index (χ1v) is 8.25. The number of furan rings is 1. The fourth-order valence-electron chi connectivity index (χ4n) is 2.83. The topological polar surface area (TPSA) is 102 Å². The molecule has 0 saturated carbocycles. The monoisotopic (exact) mass is 333 g/mol. The second-order valence-electron chi connectivity index (χ2n) is 5.91. The number of piperazine rings is 1. The maximum atomic E-state index is 12.5. The molecule has 24 heavy (non-hydrogen) atoms. The molecule has 1 unspecified atom stereocenters. The molecule has 8 heteroatoms. The van der Waals surface area contributed by atoms with Crippen LogP contribution in [0.15, 0.2) is 21.3 Å². The van der Waals surface area contributed by atoms with Crippen LogP contribution in [0, 0.1) is 0 Å². The molecule has 1 saturated heterocycles. The van der Waals surface area contributed by atoms with Crippen molar-refractivity contribution in [3.63, 3.8) is 0 Å². The van der Waals surface area contributed by atoms with Crippen LogP contribution in [-0.4, -0.2) is 52.0 Å². The first-order valence-electron chi connectivity index (χ1n) is 8.25. The quantitative estimate of drug-likeness (QED) is 0.877. The number of aryl methyl sites for hydroxylation is 1. The third-order valence-electron chi connectivity index (χ3n) is 4.41. The molecule has 0 aromatic carbocycles. The zero-order chi connectivity index (χ0) is 17.1. The molecule has 1 fully saturated rings. The molecule has 8 nitrogen and oxygen atoms in total. The van der Waals surface area contributed by atoms with Gasteiger partial charge in [0, 0.05) is 32.6 Å². The molecule has 2 aromatic rings. The van der Waals surface area contributed by atoms with E-state index in [0.29, 0.717) is 36.8 Å². The lowest BCUT2D eigenvalue weighted by molar-refractivity contribution is 0.0551. The van der Waals surface area contributed by atoms with Crippen molar-refractivity contribution in [3.8, 4) is 0 Å². The van der Waals surface area contributed by atoms with E-state index in [1.54, 1.807) is 6.07 Å². The molecule has 0 bridgehead atoms. The van der Waals surface area contributed by atoms with Crippen LogP contribution >= 0.6 is 0 Å². The minimum absolute atomic E-state index is 0.0168. The fourth-order valence-corrected chi connectivity index (χ4v) is 2.83. The van der Waals surface area contributed by atoms with Crippen LogP contribution in [0.1, 0.15) is 47.7 Å². The van der Waals surface area contributed by atoms with Crippen molar-refractivity contribution in [2.75, 3.05) is 26.2 Å². The average Bonchev–Trinajstić information content (AvgIpc) is 3.29. The highest BCUT2D eigenvalue weighted by atomic mass is 16.5. The number of carbonyl (C=O) groups excluding carboxylic acids is 1. The first-order chi connectivity index (χ1) is 11.6. The summed E-state index contributed by atoms with van der Waals surface area (Å²) in [5, 5.41) is 3.95. The predicted molar refractivity (Wildman–Crippen MR) is 86.2 cm³/mol. The van der Waals surface area contributed by atoms with Gasteiger partial charge in [0.25, 0.3) is 5.91 Å². The molecule has 2 N–H and O–H groups in total. The Bertz CT molecular complexity index is 687. The SMILES string of the molecule is CCc1noc(C(C)N2CCN(C(=O)c3coc(CN)c3)CC2)n1. The predicted octanol–water partition coefficient (Wildman–Crippen LogP) is 1.20. The summed E-state index contributed by atoms with van der Waals surface area (Å²) in [5.74, 6) is 1.96. The number of hydrogen-bond acceptors (Lipinski definition) is 7. The Morgan fingerprint density at radius 1 is 1.38 bits per heavy atom. The van der Waals surface area contributed by atoms with Gasteiger partial charge in [0.1, 0.15) is 12.0 Å². The van der Waals surface area contributed by atoms with Gasteiger partial charge >= 0.3 is 0 Å². The van der Waals surface area contributed by atoms with Gasteiger partial charge in [-0.25, -0.2) is 0 Å². The number of hydrogen-bond donors (Lipinski definition) is 1. The summed E-state index contributed by atoms with van der Waals surface area (Å²) in [5.41, 5.74) is 6.07. The van der Waals surface area contributed by atoms with E-state index in [4.69, 9.17) is 14.7 Å². The van der Waals surface area contributed by atoms with Crippen LogP contribution in [0.4, 0.5) is 0 Å². The van der Waals surface area contributed by atoms with Crippen LogP contribution in [0.2, 0.25) is 0 Å². The zero-order valence-electron chi connectivity index (χ0n) is 14.1. The molecule has 130 valence electrons. The van der Waals surface area contributed by atoms with Gasteiger partial charge in [-0.05, 0) is 13.0 Å². The van der Waals surface area contributed by atoms with Gasteiger partial charge in [-0.1, -0.05) is 12.1 Å². The molecule has 1 aliphatic rings. The Morgan fingerprint density at radius 2 is 2.12 bits per heavy atom. The summed E-state index contributed by atoms with van der Waals surface area (Å²) in [6, 6.07) is 1.76. The first kappa shape index (κ1) is 16.7. The van der Waals surface area contributed by atoms with E-state index in [-0.39, 0.29) is 11.9 Å². The van der Waals surface area contributed by atoms with E-state index in [1.807, 2.05) is 18.7 Å². The summed E-state index contributed by atoms with van der Waals surface area (Å²) in [7, 11) is 0. The standard InChI is InChI=1S/C16H23N5O3/c1-3-14-18-15(24-19-14)11(2)20-4-6-21(7-5-20)16(22)12-8-13(9-17)23-10-12/h8,10-11H,3-7,9,17H2,1-2H3. The molecular weight excluding hydrogens is 310 g/mol. The Balaban J connectivity index is 1.57. The van der Waals surface area contributed by atoms with E-state index >= 15 is 0 Å². The molecule has 1 atom stereocenters. The van der Waals surface area contributed by atoms with Gasteiger partial charge in [0.2, 0.25) is 5.89 Å². The van der Waals surface area contributed by atoms with Gasteiger partial charge in [-0.15, -0.1) is 0 Å². The van der Waals surface area contributed by atoms with Crippen LogP contribution in [-0.2, 0) is 13.0 Å². The van der Waals surface area contributed by atoms with Crippen molar-refractivity contribution in [2.24, 2.45) is 5.73 Å². The second-order valence-corrected chi connectivity index (χ2v) is 5.91. The highest BCUT2D eigenvalue weighted by Crippen LogP contribution is 2.21. The minimum Gasteiger partial charge on any atom is -0.467 e. The molecule has 3 heterocycles. The van der Waals surface area contributed by atoms with E-state index in [2.05, 4.69) is 15.0 Å². The van der Waals surface area contributed by atoms with Crippen LogP contribution in [0.5, 0.6) is 0 Å². The molecule has 0 aliphatic carbocycles. The highest BCUT2D eigenvalue weighted by molar-refractivity contribution is 5.94. The fraction of sp³-hybridized carbons (Fsp3) is 0.562. The van der Waals surface area contributed by atoms with E-state index in [9.17, 15) is 4.79 Å².